The first-order chi connectivity index (χ1) is 10.4. The monoisotopic (exact) mass is 383 g/mol. The minimum Gasteiger partial charge on any atom is -0.481 e. The topological polar surface area (TPSA) is 83.5 Å². The molecule has 5 nitrogen and oxygen atoms in total. The van der Waals surface area contributed by atoms with Crippen molar-refractivity contribution in [3.63, 3.8) is 0 Å². The molecule has 2 aromatic rings. The highest BCUT2D eigenvalue weighted by Gasteiger charge is 2.24. The molecule has 0 saturated heterocycles. The lowest BCUT2D eigenvalue weighted by Gasteiger charge is -2.14. The number of benzene rings is 2. The molecule has 0 heterocycles. The second kappa shape index (κ2) is 7.04. The van der Waals surface area contributed by atoms with Crippen molar-refractivity contribution >= 4 is 31.9 Å². The summed E-state index contributed by atoms with van der Waals surface area (Å²) in [5, 5.41) is 9.30. The fourth-order valence-corrected chi connectivity index (χ4v) is 4.01. The van der Waals surface area contributed by atoms with E-state index in [0.717, 1.165) is 0 Å². The van der Waals surface area contributed by atoms with Crippen molar-refractivity contribution in [2.75, 3.05) is 6.54 Å². The second-order valence-electron chi connectivity index (χ2n) is 4.58. The maximum Gasteiger partial charge on any atom is 0.312 e. The number of nitrogens with one attached hydrogen (secondary N) is 1. The number of hydrogen-bond acceptors (Lipinski definition) is 3. The van der Waals surface area contributed by atoms with Gasteiger partial charge in [0.1, 0.15) is 0 Å². The molecule has 116 valence electrons. The Bertz CT molecular complexity index is 762. The molecule has 0 amide bonds. The number of carboxylic acids is 1. The molecular weight excluding hydrogens is 370 g/mol. The zero-order valence-corrected chi connectivity index (χ0v) is 13.8. The first-order valence-corrected chi connectivity index (χ1v) is 8.71. The standard InChI is InChI=1S/C15H14BrNO4S/c16-13-8-4-5-9-14(13)22(20,21)17-10-12(15(18)19)11-6-2-1-3-7-11/h1-9,12,17H,10H2,(H,18,19)/t12-/m1/s1. The fourth-order valence-electron chi connectivity index (χ4n) is 1.97. The van der Waals surface area contributed by atoms with E-state index >= 15 is 0 Å². The van der Waals surface area contributed by atoms with Crippen LogP contribution < -0.4 is 4.72 Å². The number of sulfonamides is 1. The number of hydrogen-bond donors (Lipinski definition) is 2. The zero-order valence-electron chi connectivity index (χ0n) is 11.4. The summed E-state index contributed by atoms with van der Waals surface area (Å²) in [5.41, 5.74) is 0.546. The Morgan fingerprint density at radius 3 is 2.27 bits per heavy atom. The van der Waals surface area contributed by atoms with Gasteiger partial charge >= 0.3 is 5.97 Å². The van der Waals surface area contributed by atoms with Gasteiger partial charge in [-0.1, -0.05) is 42.5 Å². The lowest BCUT2D eigenvalue weighted by Crippen LogP contribution is -2.32. The lowest BCUT2D eigenvalue weighted by molar-refractivity contribution is -0.138. The van der Waals surface area contributed by atoms with E-state index in [-0.39, 0.29) is 11.4 Å². The van der Waals surface area contributed by atoms with E-state index in [0.29, 0.717) is 10.0 Å². The highest BCUT2D eigenvalue weighted by molar-refractivity contribution is 9.10. The third-order valence-electron chi connectivity index (χ3n) is 3.10. The molecule has 7 heteroatoms. The predicted octanol–water partition coefficient (Wildman–Crippen LogP) is 2.60. The molecule has 0 bridgehead atoms. The number of aliphatic carboxylic acids is 1. The van der Waals surface area contributed by atoms with Crippen molar-refractivity contribution < 1.29 is 18.3 Å². The molecule has 0 aromatic heterocycles. The Morgan fingerprint density at radius 1 is 1.09 bits per heavy atom. The van der Waals surface area contributed by atoms with Gasteiger partial charge in [0.25, 0.3) is 0 Å². The number of carbonyl (C=O) groups is 1. The minimum atomic E-state index is -3.79. The molecule has 22 heavy (non-hydrogen) atoms. The van der Waals surface area contributed by atoms with Crippen molar-refractivity contribution in [3.8, 4) is 0 Å². The Morgan fingerprint density at radius 2 is 1.68 bits per heavy atom. The Kier molecular flexibility index (Phi) is 5.33. The van der Waals surface area contributed by atoms with E-state index in [9.17, 15) is 18.3 Å². The molecule has 0 aliphatic rings. The fraction of sp³-hybridized carbons (Fsp3) is 0.133. The molecule has 1 atom stereocenters. The van der Waals surface area contributed by atoms with Crippen LogP contribution in [0.3, 0.4) is 0 Å². The van der Waals surface area contributed by atoms with E-state index in [1.807, 2.05) is 0 Å². The van der Waals surface area contributed by atoms with Crippen LogP contribution in [0.5, 0.6) is 0 Å². The van der Waals surface area contributed by atoms with Crippen LogP contribution in [-0.2, 0) is 14.8 Å². The average Bonchev–Trinajstić information content (AvgIpc) is 2.48. The quantitative estimate of drug-likeness (QED) is 0.802. The van der Waals surface area contributed by atoms with Gasteiger partial charge < -0.3 is 5.11 Å². The van der Waals surface area contributed by atoms with Gasteiger partial charge in [-0.15, -0.1) is 0 Å². The van der Waals surface area contributed by atoms with Crippen LogP contribution >= 0.6 is 15.9 Å². The van der Waals surface area contributed by atoms with Crippen LogP contribution in [0, 0.1) is 0 Å². The third kappa shape index (κ3) is 3.94. The van der Waals surface area contributed by atoms with Gasteiger partial charge in [0.05, 0.1) is 10.8 Å². The molecule has 0 fully saturated rings. The summed E-state index contributed by atoms with van der Waals surface area (Å²) in [7, 11) is -3.79. The van der Waals surface area contributed by atoms with Crippen molar-refractivity contribution in [2.24, 2.45) is 0 Å². The summed E-state index contributed by atoms with van der Waals surface area (Å²) in [6, 6.07) is 14.9. The maximum absolute atomic E-state index is 12.3. The summed E-state index contributed by atoms with van der Waals surface area (Å²) in [4.78, 5) is 11.5. The normalized spacial score (nSPS) is 12.8. The lowest BCUT2D eigenvalue weighted by atomic mass is 10.00. The van der Waals surface area contributed by atoms with Crippen LogP contribution in [-0.4, -0.2) is 26.0 Å². The summed E-state index contributed by atoms with van der Waals surface area (Å²) in [6.07, 6.45) is 0. The molecule has 0 unspecified atom stereocenters. The van der Waals surface area contributed by atoms with Crippen LogP contribution in [0.25, 0.3) is 0 Å². The highest BCUT2D eigenvalue weighted by Crippen LogP contribution is 2.22. The first kappa shape index (κ1) is 16.7. The van der Waals surface area contributed by atoms with Crippen LogP contribution in [0.4, 0.5) is 0 Å². The maximum atomic E-state index is 12.3. The molecule has 0 aliphatic carbocycles. The predicted molar refractivity (Wildman–Crippen MR) is 86.1 cm³/mol. The van der Waals surface area contributed by atoms with Gasteiger partial charge in [-0.2, -0.15) is 0 Å². The summed E-state index contributed by atoms with van der Waals surface area (Å²) < 4.78 is 27.3. The smallest absolute Gasteiger partial charge is 0.312 e. The van der Waals surface area contributed by atoms with E-state index in [1.165, 1.54) is 6.07 Å². The summed E-state index contributed by atoms with van der Waals surface area (Å²) in [5.74, 6) is -2.03. The van der Waals surface area contributed by atoms with E-state index in [4.69, 9.17) is 0 Å². The largest absolute Gasteiger partial charge is 0.481 e. The molecule has 2 N–H and O–H groups in total. The van der Waals surface area contributed by atoms with E-state index in [2.05, 4.69) is 20.7 Å². The summed E-state index contributed by atoms with van der Waals surface area (Å²) in [6.45, 7) is -0.219. The average molecular weight is 384 g/mol. The third-order valence-corrected chi connectivity index (χ3v) is 5.54. The number of rotatable bonds is 6. The van der Waals surface area contributed by atoms with Crippen LogP contribution in [0.1, 0.15) is 11.5 Å². The second-order valence-corrected chi connectivity index (χ2v) is 7.17. The molecule has 0 radical (unpaired) electrons. The molecule has 0 spiro atoms. The molecule has 2 aromatic carbocycles. The van der Waals surface area contributed by atoms with Gasteiger partial charge in [0.2, 0.25) is 10.0 Å². The molecule has 2 rings (SSSR count). The Hall–Kier alpha value is -1.70. The van der Waals surface area contributed by atoms with Crippen molar-refractivity contribution in [1.29, 1.82) is 0 Å². The molecule has 0 saturated carbocycles. The Labute approximate surface area is 137 Å². The van der Waals surface area contributed by atoms with Crippen LogP contribution in [0.2, 0.25) is 0 Å². The van der Waals surface area contributed by atoms with Gasteiger partial charge in [-0.3, -0.25) is 4.79 Å². The first-order valence-electron chi connectivity index (χ1n) is 6.44. The molecule has 0 aliphatic heterocycles. The van der Waals surface area contributed by atoms with Crippen molar-refractivity contribution in [2.45, 2.75) is 10.8 Å². The number of carboxylic acid groups (broad SMARTS) is 1. The summed E-state index contributed by atoms with van der Waals surface area (Å²) >= 11 is 3.18. The number of halogens is 1. The SMILES string of the molecule is O=C(O)[C@H](CNS(=O)(=O)c1ccccc1Br)c1ccccc1. The molecular formula is C15H14BrNO4S. The van der Waals surface area contributed by atoms with Crippen molar-refractivity contribution in [1.82, 2.24) is 4.72 Å². The van der Waals surface area contributed by atoms with Crippen LogP contribution in [0.15, 0.2) is 64.0 Å². The highest BCUT2D eigenvalue weighted by atomic mass is 79.9. The Balaban J connectivity index is 2.20. The van der Waals surface area contributed by atoms with Crippen molar-refractivity contribution in [3.05, 3.63) is 64.6 Å². The van der Waals surface area contributed by atoms with Gasteiger partial charge in [-0.05, 0) is 33.6 Å². The van der Waals surface area contributed by atoms with Gasteiger partial charge in [0, 0.05) is 11.0 Å². The van der Waals surface area contributed by atoms with E-state index < -0.39 is 21.9 Å². The minimum absolute atomic E-state index is 0.0761. The van der Waals surface area contributed by atoms with Gasteiger partial charge in [-0.25, -0.2) is 13.1 Å². The zero-order chi connectivity index (χ0) is 16.2. The van der Waals surface area contributed by atoms with E-state index in [1.54, 1.807) is 48.5 Å². The van der Waals surface area contributed by atoms with Gasteiger partial charge in [0.15, 0.2) is 0 Å².